The first-order valence-corrected chi connectivity index (χ1v) is 6.77. The Hall–Kier alpha value is -0.860. The molecule has 1 unspecified atom stereocenters. The highest BCUT2D eigenvalue weighted by Crippen LogP contribution is 2.22. The third kappa shape index (κ3) is 3.30. The molecule has 1 aliphatic rings. The summed E-state index contributed by atoms with van der Waals surface area (Å²) in [4.78, 5) is 2.60. The van der Waals surface area contributed by atoms with Crippen molar-refractivity contribution in [3.63, 3.8) is 0 Å². The molecule has 0 saturated carbocycles. The molecule has 17 heavy (non-hydrogen) atoms. The molecule has 1 atom stereocenters. The van der Waals surface area contributed by atoms with Crippen LogP contribution in [-0.2, 0) is 13.1 Å². The summed E-state index contributed by atoms with van der Waals surface area (Å²) in [6.45, 7) is 6.95. The zero-order chi connectivity index (χ0) is 12.1. The molecule has 1 aromatic rings. The summed E-state index contributed by atoms with van der Waals surface area (Å²) in [5, 5.41) is 3.25. The third-order valence-corrected chi connectivity index (χ3v) is 3.83. The van der Waals surface area contributed by atoms with Gasteiger partial charge in [0.05, 0.1) is 0 Å². The molecule has 2 rings (SSSR count). The first-order chi connectivity index (χ1) is 8.33. The van der Waals surface area contributed by atoms with Gasteiger partial charge in [0.25, 0.3) is 0 Å². The van der Waals surface area contributed by atoms with Crippen molar-refractivity contribution in [2.45, 2.75) is 32.9 Å². The van der Waals surface area contributed by atoms with Gasteiger partial charge in [-0.3, -0.25) is 4.90 Å². The standard InChI is InChI=1S/C15H24N2/c1-3-13-8-9-17(11-13)12-15-7-5-4-6-14(15)10-16-2/h4-7,13,16H,3,8-12H2,1-2H3. The highest BCUT2D eigenvalue weighted by molar-refractivity contribution is 5.27. The fraction of sp³-hybridized carbons (Fsp3) is 0.600. The normalized spacial score (nSPS) is 20.9. The van der Waals surface area contributed by atoms with Crippen LogP contribution in [0.5, 0.6) is 0 Å². The lowest BCUT2D eigenvalue weighted by Crippen LogP contribution is -2.21. The van der Waals surface area contributed by atoms with Crippen molar-refractivity contribution in [1.29, 1.82) is 0 Å². The van der Waals surface area contributed by atoms with Crippen LogP contribution in [-0.4, -0.2) is 25.0 Å². The monoisotopic (exact) mass is 232 g/mol. The Kier molecular flexibility index (Phi) is 4.57. The first kappa shape index (κ1) is 12.6. The molecule has 1 N–H and O–H groups in total. The van der Waals surface area contributed by atoms with Gasteiger partial charge in [-0.25, -0.2) is 0 Å². The van der Waals surface area contributed by atoms with Crippen molar-refractivity contribution in [3.8, 4) is 0 Å². The van der Waals surface area contributed by atoms with Crippen LogP contribution in [0.15, 0.2) is 24.3 Å². The van der Waals surface area contributed by atoms with Crippen molar-refractivity contribution >= 4 is 0 Å². The highest BCUT2D eigenvalue weighted by Gasteiger charge is 2.21. The van der Waals surface area contributed by atoms with Gasteiger partial charge >= 0.3 is 0 Å². The van der Waals surface area contributed by atoms with E-state index in [1.54, 1.807) is 0 Å². The lowest BCUT2D eigenvalue weighted by molar-refractivity contribution is 0.314. The van der Waals surface area contributed by atoms with Crippen LogP contribution in [0.2, 0.25) is 0 Å². The van der Waals surface area contributed by atoms with E-state index in [0.29, 0.717) is 0 Å². The average molecular weight is 232 g/mol. The number of rotatable bonds is 5. The van der Waals surface area contributed by atoms with E-state index >= 15 is 0 Å². The van der Waals surface area contributed by atoms with Crippen LogP contribution in [0.25, 0.3) is 0 Å². The maximum atomic E-state index is 3.25. The Balaban J connectivity index is 1.98. The quantitative estimate of drug-likeness (QED) is 0.839. The molecule has 94 valence electrons. The predicted octanol–water partition coefficient (Wildman–Crippen LogP) is 2.64. The molecule has 1 saturated heterocycles. The Bertz CT molecular complexity index is 349. The van der Waals surface area contributed by atoms with Gasteiger partial charge in [-0.2, -0.15) is 0 Å². The second-order valence-corrected chi connectivity index (χ2v) is 5.10. The van der Waals surface area contributed by atoms with Gasteiger partial charge in [-0.1, -0.05) is 37.6 Å². The molecular formula is C15H24N2. The van der Waals surface area contributed by atoms with Crippen molar-refractivity contribution in [2.24, 2.45) is 5.92 Å². The van der Waals surface area contributed by atoms with E-state index in [1.165, 1.54) is 37.1 Å². The first-order valence-electron chi connectivity index (χ1n) is 6.77. The van der Waals surface area contributed by atoms with Crippen LogP contribution < -0.4 is 5.32 Å². The zero-order valence-corrected chi connectivity index (χ0v) is 11.1. The smallest absolute Gasteiger partial charge is 0.0237 e. The van der Waals surface area contributed by atoms with Crippen LogP contribution >= 0.6 is 0 Å². The van der Waals surface area contributed by atoms with Gasteiger partial charge in [0.1, 0.15) is 0 Å². The van der Waals surface area contributed by atoms with Crippen molar-refractivity contribution in [2.75, 3.05) is 20.1 Å². The SMILES string of the molecule is CCC1CCN(Cc2ccccc2CNC)C1. The number of likely N-dealkylation sites (tertiary alicyclic amines) is 1. The minimum absolute atomic E-state index is 0.923. The number of benzene rings is 1. The summed E-state index contributed by atoms with van der Waals surface area (Å²) in [6.07, 6.45) is 2.71. The van der Waals surface area contributed by atoms with Gasteiger partial charge in [0.15, 0.2) is 0 Å². The maximum absolute atomic E-state index is 3.25. The average Bonchev–Trinajstić information content (AvgIpc) is 2.80. The molecule has 1 aromatic carbocycles. The third-order valence-electron chi connectivity index (χ3n) is 3.83. The summed E-state index contributed by atoms with van der Waals surface area (Å²) >= 11 is 0. The Labute approximate surface area is 105 Å². The number of hydrogen-bond donors (Lipinski definition) is 1. The molecular weight excluding hydrogens is 208 g/mol. The molecule has 0 aromatic heterocycles. The summed E-state index contributed by atoms with van der Waals surface area (Å²) in [5.41, 5.74) is 2.92. The molecule has 2 heteroatoms. The highest BCUT2D eigenvalue weighted by atomic mass is 15.1. The van der Waals surface area contributed by atoms with E-state index in [4.69, 9.17) is 0 Å². The minimum Gasteiger partial charge on any atom is -0.316 e. The molecule has 1 aliphatic heterocycles. The van der Waals surface area contributed by atoms with E-state index in [1.807, 2.05) is 7.05 Å². The largest absolute Gasteiger partial charge is 0.316 e. The van der Waals surface area contributed by atoms with Crippen LogP contribution in [0.3, 0.4) is 0 Å². The van der Waals surface area contributed by atoms with Crippen LogP contribution in [0.4, 0.5) is 0 Å². The van der Waals surface area contributed by atoms with Crippen molar-refractivity contribution < 1.29 is 0 Å². The van der Waals surface area contributed by atoms with Crippen molar-refractivity contribution in [1.82, 2.24) is 10.2 Å². The molecule has 2 nitrogen and oxygen atoms in total. The van der Waals surface area contributed by atoms with Gasteiger partial charge in [0, 0.05) is 19.6 Å². The fourth-order valence-electron chi connectivity index (χ4n) is 2.71. The van der Waals surface area contributed by atoms with Crippen molar-refractivity contribution in [3.05, 3.63) is 35.4 Å². The molecule has 0 amide bonds. The van der Waals surface area contributed by atoms with E-state index in [0.717, 1.165) is 19.0 Å². The van der Waals surface area contributed by atoms with E-state index in [-0.39, 0.29) is 0 Å². The Morgan fingerprint density at radius 2 is 2.06 bits per heavy atom. The Morgan fingerprint density at radius 1 is 1.29 bits per heavy atom. The minimum atomic E-state index is 0.923. The predicted molar refractivity (Wildman–Crippen MR) is 72.9 cm³/mol. The van der Waals surface area contributed by atoms with Gasteiger partial charge in [-0.05, 0) is 37.1 Å². The van der Waals surface area contributed by atoms with E-state index in [2.05, 4.69) is 41.4 Å². The molecule has 0 radical (unpaired) electrons. The van der Waals surface area contributed by atoms with Gasteiger partial charge in [0.2, 0.25) is 0 Å². The topological polar surface area (TPSA) is 15.3 Å². The number of nitrogens with zero attached hydrogens (tertiary/aromatic N) is 1. The van der Waals surface area contributed by atoms with Gasteiger partial charge in [-0.15, -0.1) is 0 Å². The van der Waals surface area contributed by atoms with Crippen LogP contribution in [0.1, 0.15) is 30.9 Å². The fourth-order valence-corrected chi connectivity index (χ4v) is 2.71. The summed E-state index contributed by atoms with van der Waals surface area (Å²) in [7, 11) is 2.01. The lowest BCUT2D eigenvalue weighted by atomic mass is 10.1. The van der Waals surface area contributed by atoms with E-state index in [9.17, 15) is 0 Å². The Morgan fingerprint density at radius 3 is 2.71 bits per heavy atom. The number of hydrogen-bond acceptors (Lipinski definition) is 2. The lowest BCUT2D eigenvalue weighted by Gasteiger charge is -2.18. The number of nitrogens with one attached hydrogen (secondary N) is 1. The summed E-state index contributed by atoms with van der Waals surface area (Å²) in [5.74, 6) is 0.923. The second-order valence-electron chi connectivity index (χ2n) is 5.10. The molecule has 0 aliphatic carbocycles. The molecule has 1 heterocycles. The summed E-state index contributed by atoms with van der Waals surface area (Å²) in [6, 6.07) is 8.79. The van der Waals surface area contributed by atoms with E-state index < -0.39 is 0 Å². The van der Waals surface area contributed by atoms with Gasteiger partial charge < -0.3 is 5.32 Å². The summed E-state index contributed by atoms with van der Waals surface area (Å²) < 4.78 is 0. The second kappa shape index (κ2) is 6.18. The maximum Gasteiger partial charge on any atom is 0.0237 e. The molecule has 0 spiro atoms. The molecule has 0 bridgehead atoms. The zero-order valence-electron chi connectivity index (χ0n) is 11.1. The molecule has 1 fully saturated rings. The van der Waals surface area contributed by atoms with Crippen LogP contribution in [0, 0.1) is 5.92 Å².